The molecule has 0 spiro atoms. The molecule has 0 radical (unpaired) electrons. The highest BCUT2D eigenvalue weighted by atomic mass is 16.7. The summed E-state index contributed by atoms with van der Waals surface area (Å²) in [7, 11) is 0. The van der Waals surface area contributed by atoms with Gasteiger partial charge in [-0.2, -0.15) is 0 Å². The van der Waals surface area contributed by atoms with Crippen molar-refractivity contribution in [2.45, 2.75) is 98.8 Å². The average molecular weight is 554 g/mol. The molecule has 0 aliphatic rings. The molecule has 0 saturated heterocycles. The van der Waals surface area contributed by atoms with Gasteiger partial charge < -0.3 is 28.8 Å². The Morgan fingerprint density at radius 1 is 0.897 bits per heavy atom. The van der Waals surface area contributed by atoms with Crippen molar-refractivity contribution in [2.75, 3.05) is 13.2 Å². The summed E-state index contributed by atoms with van der Waals surface area (Å²) >= 11 is 0. The number of aliphatic carboxylic acids is 1. The maximum absolute atomic E-state index is 12.8. The van der Waals surface area contributed by atoms with Gasteiger partial charge in [0.2, 0.25) is 0 Å². The van der Waals surface area contributed by atoms with Gasteiger partial charge in [-0.05, 0) is 64.7 Å². The minimum atomic E-state index is -2.12. The quantitative estimate of drug-likeness (QED) is 0.0917. The molecule has 2 atom stereocenters. The van der Waals surface area contributed by atoms with Crippen LogP contribution in [0.15, 0.2) is 18.2 Å². The van der Waals surface area contributed by atoms with Crippen LogP contribution in [0.5, 0.6) is 11.5 Å². The highest BCUT2D eigenvalue weighted by molar-refractivity contribution is 5.84. The van der Waals surface area contributed by atoms with E-state index in [1.54, 1.807) is 27.7 Å². The molecular formula is C28H43NO10. The van der Waals surface area contributed by atoms with Crippen LogP contribution in [0.3, 0.4) is 0 Å². The molecule has 220 valence electrons. The van der Waals surface area contributed by atoms with E-state index in [9.17, 15) is 24.3 Å². The van der Waals surface area contributed by atoms with Gasteiger partial charge in [0.05, 0.1) is 18.6 Å². The predicted molar refractivity (Wildman–Crippen MR) is 143 cm³/mol. The van der Waals surface area contributed by atoms with Crippen LogP contribution >= 0.6 is 0 Å². The lowest BCUT2D eigenvalue weighted by Gasteiger charge is -2.35. The minimum absolute atomic E-state index is 0.129. The first-order chi connectivity index (χ1) is 18.3. The van der Waals surface area contributed by atoms with Crippen LogP contribution in [0.25, 0.3) is 0 Å². The van der Waals surface area contributed by atoms with Gasteiger partial charge in [-0.1, -0.05) is 39.7 Å². The Kier molecular flexibility index (Phi) is 13.8. The third-order valence-corrected chi connectivity index (χ3v) is 5.60. The van der Waals surface area contributed by atoms with E-state index in [0.29, 0.717) is 24.8 Å². The number of ether oxygens (including phenoxy) is 5. The Morgan fingerprint density at radius 3 is 1.90 bits per heavy atom. The van der Waals surface area contributed by atoms with Crippen molar-refractivity contribution in [3.63, 3.8) is 0 Å². The van der Waals surface area contributed by atoms with Crippen LogP contribution in [0.2, 0.25) is 0 Å². The van der Waals surface area contributed by atoms with Crippen molar-refractivity contribution in [3.05, 3.63) is 23.8 Å². The number of carbonyl (C=O) groups excluding carboxylic acids is 3. The lowest BCUT2D eigenvalue weighted by atomic mass is 9.95. The molecule has 0 heterocycles. The van der Waals surface area contributed by atoms with Gasteiger partial charge in [0.15, 0.2) is 11.5 Å². The van der Waals surface area contributed by atoms with E-state index in [-0.39, 0.29) is 37.2 Å². The van der Waals surface area contributed by atoms with Crippen molar-refractivity contribution in [3.8, 4) is 11.5 Å². The summed E-state index contributed by atoms with van der Waals surface area (Å²) in [5.41, 5.74) is -2.78. The van der Waals surface area contributed by atoms with Crippen LogP contribution in [0.4, 0.5) is 9.59 Å². The molecule has 11 heteroatoms. The van der Waals surface area contributed by atoms with Gasteiger partial charge in [0, 0.05) is 12.5 Å². The van der Waals surface area contributed by atoms with Crippen LogP contribution in [0.1, 0.15) is 86.1 Å². The second kappa shape index (κ2) is 15.9. The molecule has 0 aliphatic carbocycles. The summed E-state index contributed by atoms with van der Waals surface area (Å²) in [4.78, 5) is 49.8. The van der Waals surface area contributed by atoms with Crippen LogP contribution < -0.4 is 14.8 Å². The monoisotopic (exact) mass is 553 g/mol. The lowest BCUT2D eigenvalue weighted by molar-refractivity contribution is -0.190. The molecule has 0 aliphatic heterocycles. The second-order valence-corrected chi connectivity index (χ2v) is 10.3. The molecule has 2 N–H and O–H groups in total. The van der Waals surface area contributed by atoms with E-state index in [1.807, 2.05) is 20.8 Å². The van der Waals surface area contributed by atoms with Crippen molar-refractivity contribution in [2.24, 2.45) is 5.41 Å². The zero-order valence-corrected chi connectivity index (χ0v) is 24.1. The van der Waals surface area contributed by atoms with Gasteiger partial charge in [-0.3, -0.25) is 10.1 Å². The smallest absolute Gasteiger partial charge is 0.477 e. The molecule has 0 bridgehead atoms. The number of nitrogens with one attached hydrogen (secondary N) is 1. The number of esters is 1. The largest absolute Gasteiger partial charge is 0.513 e. The van der Waals surface area contributed by atoms with E-state index in [4.69, 9.17) is 23.7 Å². The third kappa shape index (κ3) is 11.5. The van der Waals surface area contributed by atoms with Crippen molar-refractivity contribution >= 4 is 24.2 Å². The molecule has 39 heavy (non-hydrogen) atoms. The molecule has 0 aromatic heterocycles. The maximum Gasteiger partial charge on any atom is 0.513 e. The van der Waals surface area contributed by atoms with Gasteiger partial charge in [-0.15, -0.1) is 0 Å². The fourth-order valence-corrected chi connectivity index (χ4v) is 3.06. The first-order valence-electron chi connectivity index (χ1n) is 13.3. The SMILES string of the molecule is CCCCOC(=O)Oc1ccc(C[C@](NC(C)CC)(OC(=O)C(C)(C)C)C(=O)O)cc1OC(=O)OCCCC. The van der Waals surface area contributed by atoms with Crippen LogP contribution in [-0.4, -0.2) is 54.3 Å². The molecule has 1 aromatic carbocycles. The number of benzene rings is 1. The minimum Gasteiger partial charge on any atom is -0.477 e. The Labute approximate surface area is 230 Å². The van der Waals surface area contributed by atoms with Gasteiger partial charge in [0.25, 0.3) is 5.72 Å². The van der Waals surface area contributed by atoms with Crippen LogP contribution in [0, 0.1) is 5.41 Å². The number of carboxylic acid groups (broad SMARTS) is 1. The zero-order valence-electron chi connectivity index (χ0n) is 24.1. The molecule has 1 unspecified atom stereocenters. The second-order valence-electron chi connectivity index (χ2n) is 10.3. The van der Waals surface area contributed by atoms with Gasteiger partial charge in [-0.25, -0.2) is 14.4 Å². The number of unbranched alkanes of at least 4 members (excludes halogenated alkanes) is 2. The Morgan fingerprint density at radius 2 is 1.44 bits per heavy atom. The van der Waals surface area contributed by atoms with Crippen molar-refractivity contribution in [1.29, 1.82) is 0 Å². The summed E-state index contributed by atoms with van der Waals surface area (Å²) in [5, 5.41) is 13.1. The normalized spacial score (nSPS) is 13.5. The number of carbonyl (C=O) groups is 4. The summed E-state index contributed by atoms with van der Waals surface area (Å²) in [5.74, 6) is -2.44. The van der Waals surface area contributed by atoms with Gasteiger partial charge >= 0.3 is 24.2 Å². The van der Waals surface area contributed by atoms with Crippen molar-refractivity contribution < 1.29 is 48.0 Å². The molecule has 1 aromatic rings. The fraction of sp³-hybridized carbons (Fsp3) is 0.643. The molecule has 0 saturated carbocycles. The summed E-state index contributed by atoms with van der Waals surface area (Å²) in [6.45, 7) is 12.6. The number of carboxylic acids is 1. The molecular weight excluding hydrogens is 510 g/mol. The van der Waals surface area contributed by atoms with E-state index >= 15 is 0 Å². The Bertz CT molecular complexity index is 972. The molecule has 0 amide bonds. The predicted octanol–water partition coefficient (Wildman–Crippen LogP) is 5.62. The summed E-state index contributed by atoms with van der Waals surface area (Å²) in [6.07, 6.45) is 1.12. The first-order valence-corrected chi connectivity index (χ1v) is 13.3. The maximum atomic E-state index is 12.8. The lowest BCUT2D eigenvalue weighted by Crippen LogP contribution is -2.60. The number of rotatable bonds is 15. The molecule has 0 fully saturated rings. The van der Waals surface area contributed by atoms with E-state index < -0.39 is 35.4 Å². The average Bonchev–Trinajstić information content (AvgIpc) is 2.85. The molecule has 11 nitrogen and oxygen atoms in total. The number of hydrogen-bond acceptors (Lipinski definition) is 10. The topological polar surface area (TPSA) is 147 Å². The third-order valence-electron chi connectivity index (χ3n) is 5.60. The first kappa shape index (κ1) is 33.7. The molecule has 1 rings (SSSR count). The van der Waals surface area contributed by atoms with E-state index in [0.717, 1.165) is 12.8 Å². The van der Waals surface area contributed by atoms with Gasteiger partial charge in [0.1, 0.15) is 0 Å². The van der Waals surface area contributed by atoms with E-state index in [2.05, 4.69) is 5.32 Å². The zero-order chi connectivity index (χ0) is 29.6. The fourth-order valence-electron chi connectivity index (χ4n) is 3.06. The standard InChI is InChI=1S/C28H43NO10/c1-8-11-15-35-25(33)37-21-14-13-20(17-22(21)38-26(34)36-16-12-9-2)18-28(23(30)31,29-19(4)10-3)39-24(32)27(5,6)7/h13-14,17,19,29H,8-12,15-16,18H2,1-7H3,(H,30,31)/t19?,28-/m0/s1. The Balaban J connectivity index is 3.41. The summed E-state index contributed by atoms with van der Waals surface area (Å²) in [6, 6.07) is 3.83. The van der Waals surface area contributed by atoms with E-state index in [1.165, 1.54) is 18.2 Å². The highest BCUT2D eigenvalue weighted by Gasteiger charge is 2.46. The summed E-state index contributed by atoms with van der Waals surface area (Å²) < 4.78 is 26.2. The Hall–Kier alpha value is -3.34. The van der Waals surface area contributed by atoms with Crippen molar-refractivity contribution in [1.82, 2.24) is 5.32 Å². The number of hydrogen-bond donors (Lipinski definition) is 2. The highest BCUT2D eigenvalue weighted by Crippen LogP contribution is 2.32. The van der Waals surface area contributed by atoms with Crippen LogP contribution in [-0.2, 0) is 30.2 Å².